The minimum absolute atomic E-state index is 0.285. The van der Waals surface area contributed by atoms with Gasteiger partial charge in [-0.25, -0.2) is 4.39 Å². The highest BCUT2D eigenvalue weighted by Gasteiger charge is 2.04. The predicted octanol–water partition coefficient (Wildman–Crippen LogP) is 2.98. The van der Waals surface area contributed by atoms with E-state index in [1.165, 1.54) is 12.1 Å². The molecule has 4 heteroatoms. The number of halogens is 2. The molecule has 0 amide bonds. The van der Waals surface area contributed by atoms with Crippen LogP contribution in [0, 0.1) is 5.82 Å². The molecule has 0 aromatic heterocycles. The first kappa shape index (κ1) is 12.3. The Morgan fingerprint density at radius 3 is 2.87 bits per heavy atom. The highest BCUT2D eigenvalue weighted by atomic mass is 35.5. The summed E-state index contributed by atoms with van der Waals surface area (Å²) >= 11 is 5.50. The maximum absolute atomic E-state index is 12.9. The van der Waals surface area contributed by atoms with Crippen molar-refractivity contribution >= 4 is 11.6 Å². The minimum atomic E-state index is -0.285. The molecule has 0 heterocycles. The molecule has 0 fully saturated rings. The molecule has 0 unspecified atom stereocenters. The lowest BCUT2D eigenvalue weighted by Gasteiger charge is -2.08. The van der Waals surface area contributed by atoms with Gasteiger partial charge in [0, 0.05) is 18.1 Å². The van der Waals surface area contributed by atoms with Gasteiger partial charge in [0.2, 0.25) is 0 Å². The first-order valence-corrected chi connectivity index (χ1v) is 5.27. The van der Waals surface area contributed by atoms with Gasteiger partial charge in [0.25, 0.3) is 0 Å². The quantitative estimate of drug-likeness (QED) is 0.555. The van der Waals surface area contributed by atoms with Gasteiger partial charge in [-0.3, -0.25) is 0 Å². The Labute approximate surface area is 94.0 Å². The first-order valence-electron chi connectivity index (χ1n) is 4.74. The molecule has 0 spiro atoms. The molecule has 0 aliphatic rings. The van der Waals surface area contributed by atoms with Crippen molar-refractivity contribution in [1.82, 2.24) is 0 Å². The lowest BCUT2D eigenvalue weighted by Crippen LogP contribution is -1.99. The van der Waals surface area contributed by atoms with Gasteiger partial charge in [-0.05, 0) is 24.6 Å². The van der Waals surface area contributed by atoms with Crippen molar-refractivity contribution in [2.75, 3.05) is 19.6 Å². The van der Waals surface area contributed by atoms with E-state index in [4.69, 9.17) is 21.1 Å². The zero-order valence-electron chi connectivity index (χ0n) is 8.63. The van der Waals surface area contributed by atoms with Crippen LogP contribution in [0.5, 0.6) is 5.75 Å². The molecule has 1 aromatic rings. The molecule has 0 aliphatic carbocycles. The summed E-state index contributed by atoms with van der Waals surface area (Å²) < 4.78 is 23.3. The van der Waals surface area contributed by atoms with Gasteiger partial charge < -0.3 is 9.47 Å². The smallest absolute Gasteiger partial charge is 0.124 e. The van der Waals surface area contributed by atoms with Crippen molar-refractivity contribution in [3.05, 3.63) is 29.6 Å². The number of hydrogen-bond donors (Lipinski definition) is 0. The number of benzene rings is 1. The van der Waals surface area contributed by atoms with Gasteiger partial charge in [0.05, 0.1) is 13.7 Å². The number of ether oxygens (including phenoxy) is 2. The highest BCUT2D eigenvalue weighted by molar-refractivity contribution is 6.17. The Bertz CT molecular complexity index is 305. The molecule has 1 rings (SSSR count). The molecule has 2 nitrogen and oxygen atoms in total. The van der Waals surface area contributed by atoms with E-state index >= 15 is 0 Å². The normalized spacial score (nSPS) is 10.3. The third kappa shape index (κ3) is 4.06. The van der Waals surface area contributed by atoms with Gasteiger partial charge in [-0.2, -0.15) is 0 Å². The van der Waals surface area contributed by atoms with Crippen LogP contribution in [0.3, 0.4) is 0 Å². The lowest BCUT2D eigenvalue weighted by molar-refractivity contribution is 0.120. The summed E-state index contributed by atoms with van der Waals surface area (Å²) in [6.07, 6.45) is 0.791. The molecular weight excluding hydrogens is 219 g/mol. The van der Waals surface area contributed by atoms with E-state index in [-0.39, 0.29) is 5.82 Å². The summed E-state index contributed by atoms with van der Waals surface area (Å²) in [6.45, 7) is 0.918. The average Bonchev–Trinajstić information content (AvgIpc) is 2.25. The second-order valence-corrected chi connectivity index (χ2v) is 3.43. The maximum Gasteiger partial charge on any atom is 0.124 e. The van der Waals surface area contributed by atoms with Crippen LogP contribution in [0.2, 0.25) is 0 Å². The Morgan fingerprint density at radius 2 is 2.20 bits per heavy atom. The summed E-state index contributed by atoms with van der Waals surface area (Å²) in [7, 11) is 1.55. The largest absolute Gasteiger partial charge is 0.496 e. The zero-order valence-corrected chi connectivity index (χ0v) is 9.39. The monoisotopic (exact) mass is 232 g/mol. The number of alkyl halides is 1. The fraction of sp³-hybridized carbons (Fsp3) is 0.455. The Kier molecular flexibility index (Phi) is 5.43. The van der Waals surface area contributed by atoms with Crippen molar-refractivity contribution in [2.24, 2.45) is 0 Å². The number of methoxy groups -OCH3 is 1. The van der Waals surface area contributed by atoms with Gasteiger partial charge in [0.1, 0.15) is 11.6 Å². The Hall–Kier alpha value is -0.800. The minimum Gasteiger partial charge on any atom is -0.496 e. The van der Waals surface area contributed by atoms with Crippen LogP contribution in [0.4, 0.5) is 4.39 Å². The second-order valence-electron chi connectivity index (χ2n) is 3.05. The highest BCUT2D eigenvalue weighted by Crippen LogP contribution is 2.20. The van der Waals surface area contributed by atoms with Crippen molar-refractivity contribution in [1.29, 1.82) is 0 Å². The van der Waals surface area contributed by atoms with Crippen LogP contribution in [0.15, 0.2) is 18.2 Å². The van der Waals surface area contributed by atoms with Crippen LogP contribution in [-0.2, 0) is 11.3 Å². The molecule has 0 atom stereocenters. The standard InChI is InChI=1S/C11H14ClFO2/c1-14-11-4-3-10(13)7-9(11)8-15-6-2-5-12/h3-4,7H,2,5-6,8H2,1H3. The molecule has 1 aromatic carbocycles. The fourth-order valence-corrected chi connectivity index (χ4v) is 1.31. The van der Waals surface area contributed by atoms with E-state index in [9.17, 15) is 4.39 Å². The summed E-state index contributed by atoms with van der Waals surface area (Å²) in [5.74, 6) is 0.925. The molecule has 0 radical (unpaired) electrons. The summed E-state index contributed by atoms with van der Waals surface area (Å²) in [4.78, 5) is 0. The second kappa shape index (κ2) is 6.64. The summed E-state index contributed by atoms with van der Waals surface area (Å²) in [6, 6.07) is 4.37. The van der Waals surface area contributed by atoms with E-state index in [1.54, 1.807) is 13.2 Å². The van der Waals surface area contributed by atoms with Crippen LogP contribution in [-0.4, -0.2) is 19.6 Å². The SMILES string of the molecule is COc1ccc(F)cc1COCCCCl. The van der Waals surface area contributed by atoms with E-state index in [1.807, 2.05) is 0 Å². The molecule has 0 bridgehead atoms. The van der Waals surface area contributed by atoms with Crippen LogP contribution in [0.1, 0.15) is 12.0 Å². The average molecular weight is 233 g/mol. The van der Waals surface area contributed by atoms with Crippen molar-refractivity contribution in [3.8, 4) is 5.75 Å². The van der Waals surface area contributed by atoms with E-state index in [2.05, 4.69) is 0 Å². The molecular formula is C11H14ClFO2. The maximum atomic E-state index is 12.9. The van der Waals surface area contributed by atoms with Crippen molar-refractivity contribution in [3.63, 3.8) is 0 Å². The van der Waals surface area contributed by atoms with Gasteiger partial charge in [-0.1, -0.05) is 0 Å². The van der Waals surface area contributed by atoms with Gasteiger partial charge in [-0.15, -0.1) is 11.6 Å². The molecule has 0 N–H and O–H groups in total. The molecule has 0 saturated carbocycles. The molecule has 15 heavy (non-hydrogen) atoms. The summed E-state index contributed by atoms with van der Waals surface area (Å²) in [5.41, 5.74) is 0.715. The molecule has 0 saturated heterocycles. The van der Waals surface area contributed by atoms with Crippen molar-refractivity contribution < 1.29 is 13.9 Å². The zero-order chi connectivity index (χ0) is 11.1. The number of rotatable bonds is 6. The first-order chi connectivity index (χ1) is 7.27. The number of hydrogen-bond acceptors (Lipinski definition) is 2. The Morgan fingerprint density at radius 1 is 1.40 bits per heavy atom. The molecule has 84 valence electrons. The summed E-state index contributed by atoms with van der Waals surface area (Å²) in [5, 5.41) is 0. The van der Waals surface area contributed by atoms with E-state index in [0.717, 1.165) is 6.42 Å². The topological polar surface area (TPSA) is 18.5 Å². The van der Waals surface area contributed by atoms with Gasteiger partial charge in [0.15, 0.2) is 0 Å². The van der Waals surface area contributed by atoms with Crippen LogP contribution >= 0.6 is 11.6 Å². The van der Waals surface area contributed by atoms with Crippen LogP contribution < -0.4 is 4.74 Å². The molecule has 0 aliphatic heterocycles. The van der Waals surface area contributed by atoms with E-state index < -0.39 is 0 Å². The van der Waals surface area contributed by atoms with Gasteiger partial charge >= 0.3 is 0 Å². The third-order valence-corrected chi connectivity index (χ3v) is 2.19. The van der Waals surface area contributed by atoms with Crippen LogP contribution in [0.25, 0.3) is 0 Å². The Balaban J connectivity index is 2.54. The third-order valence-electron chi connectivity index (χ3n) is 1.92. The van der Waals surface area contributed by atoms with E-state index in [0.29, 0.717) is 30.4 Å². The lowest BCUT2D eigenvalue weighted by atomic mass is 10.2. The van der Waals surface area contributed by atoms with Crippen molar-refractivity contribution in [2.45, 2.75) is 13.0 Å². The fourth-order valence-electron chi connectivity index (χ4n) is 1.20. The predicted molar refractivity (Wildman–Crippen MR) is 57.9 cm³/mol.